The number of nitrogens with zero attached hydrogens (tertiary/aromatic N) is 6. The van der Waals surface area contributed by atoms with Crippen molar-refractivity contribution >= 4 is 28.7 Å². The minimum absolute atomic E-state index is 0.123. The number of nitrogens with one attached hydrogen (secondary N) is 3. The summed E-state index contributed by atoms with van der Waals surface area (Å²) >= 11 is 0. The van der Waals surface area contributed by atoms with Crippen LogP contribution in [0.5, 0.6) is 0 Å². The molecular weight excluding hydrogens is 621 g/mol. The van der Waals surface area contributed by atoms with Crippen molar-refractivity contribution < 1.29 is 0 Å². The van der Waals surface area contributed by atoms with E-state index < -0.39 is 0 Å². The summed E-state index contributed by atoms with van der Waals surface area (Å²) in [5.41, 5.74) is 17.2. The average molecular weight is 663 g/mol. The molecule has 1 aliphatic rings. The molecule has 0 saturated carbocycles. The number of anilines is 4. The van der Waals surface area contributed by atoms with Crippen molar-refractivity contribution in [2.75, 3.05) is 16.0 Å². The zero-order chi connectivity index (χ0) is 35.3. The number of allylic oxidation sites excluding steroid dienone is 3. The molecule has 1 aliphatic carbocycles. The Bertz CT molecular complexity index is 2110. The van der Waals surface area contributed by atoms with Gasteiger partial charge >= 0.3 is 0 Å². The number of benzene rings is 2. The standard InChI is InChI=1S/C40H42N10/c1-26-14-16-40(6,21-35-25-50(49-48-35)24-28(3)41)22-36(26)30(5)45-33-11-7-9-31(20-33)29(4)44-34-12-13-37(27(2)19-34)46-39-43-18-15-38(47-39)32-10-8-17-42-23-32/h7-13,15,17-20,22-23,25,44-45H,1,3-5,14,16,21,24,41H2,2,6H3,(H,43,46,47)/t40-/m1/s1. The molecule has 5 aromatic rings. The van der Waals surface area contributed by atoms with Crippen molar-refractivity contribution in [2.45, 2.75) is 39.7 Å². The highest BCUT2D eigenvalue weighted by atomic mass is 15.4. The fourth-order valence-electron chi connectivity index (χ4n) is 6.02. The zero-order valence-corrected chi connectivity index (χ0v) is 28.6. The van der Waals surface area contributed by atoms with E-state index in [0.29, 0.717) is 18.2 Å². The smallest absolute Gasteiger partial charge is 0.227 e. The molecule has 0 fully saturated rings. The van der Waals surface area contributed by atoms with E-state index in [1.54, 1.807) is 23.3 Å². The van der Waals surface area contributed by atoms with Crippen LogP contribution in [0.2, 0.25) is 0 Å². The van der Waals surface area contributed by atoms with Crippen LogP contribution in [-0.2, 0) is 13.0 Å². The average Bonchev–Trinajstić information content (AvgIpc) is 3.53. The molecule has 10 nitrogen and oxygen atoms in total. The number of pyridine rings is 1. The minimum Gasteiger partial charge on any atom is -0.401 e. The molecule has 2 aromatic carbocycles. The summed E-state index contributed by atoms with van der Waals surface area (Å²) in [6.45, 7) is 21.6. The summed E-state index contributed by atoms with van der Waals surface area (Å²) in [7, 11) is 0. The SMILES string of the molecule is C=C(N)Cn1cc(C[C@]2(C)C=C(C(=C)Nc3cccc(C(=C)Nc4ccc(Nc5nccc(-c6cccnc6)n5)c(C)c4)c3)C(=C)CC2)nn1. The summed E-state index contributed by atoms with van der Waals surface area (Å²) in [5, 5.41) is 18.9. The van der Waals surface area contributed by atoms with Crippen molar-refractivity contribution in [3.63, 3.8) is 0 Å². The second-order valence-electron chi connectivity index (χ2n) is 13.0. The second kappa shape index (κ2) is 14.4. The molecule has 0 aliphatic heterocycles. The first-order valence-electron chi connectivity index (χ1n) is 16.4. The summed E-state index contributed by atoms with van der Waals surface area (Å²) < 4.78 is 1.72. The van der Waals surface area contributed by atoms with Crippen LogP contribution >= 0.6 is 0 Å². The van der Waals surface area contributed by atoms with Gasteiger partial charge in [0, 0.05) is 70.9 Å². The van der Waals surface area contributed by atoms with Gasteiger partial charge in [-0.3, -0.25) is 4.98 Å². The molecule has 0 radical (unpaired) electrons. The van der Waals surface area contributed by atoms with Gasteiger partial charge in [-0.15, -0.1) is 5.10 Å². The topological polar surface area (TPSA) is 131 Å². The van der Waals surface area contributed by atoms with Gasteiger partial charge in [0.1, 0.15) is 0 Å². The van der Waals surface area contributed by atoms with Gasteiger partial charge in [-0.25, -0.2) is 14.6 Å². The maximum absolute atomic E-state index is 5.75. The molecule has 3 aromatic heterocycles. The number of hydrogen-bond donors (Lipinski definition) is 4. The predicted octanol–water partition coefficient (Wildman–Crippen LogP) is 8.19. The van der Waals surface area contributed by atoms with Gasteiger partial charge in [0.2, 0.25) is 5.95 Å². The summed E-state index contributed by atoms with van der Waals surface area (Å²) in [5.74, 6) is 0.516. The summed E-state index contributed by atoms with van der Waals surface area (Å²) in [6, 6.07) is 19.9. The third kappa shape index (κ3) is 8.22. The van der Waals surface area contributed by atoms with Crippen LogP contribution < -0.4 is 21.7 Å². The van der Waals surface area contributed by atoms with Crippen LogP contribution in [0.15, 0.2) is 140 Å². The van der Waals surface area contributed by atoms with Crippen molar-refractivity contribution in [1.82, 2.24) is 29.9 Å². The molecule has 3 heterocycles. The molecule has 0 spiro atoms. The van der Waals surface area contributed by atoms with Crippen LogP contribution in [0, 0.1) is 12.3 Å². The van der Waals surface area contributed by atoms with Gasteiger partial charge in [0.15, 0.2) is 0 Å². The Morgan fingerprint density at radius 3 is 2.58 bits per heavy atom. The first kappa shape index (κ1) is 33.6. The quantitative estimate of drug-likeness (QED) is 0.0985. The molecule has 6 rings (SSSR count). The van der Waals surface area contributed by atoms with Crippen LogP contribution in [-0.4, -0.2) is 29.9 Å². The second-order valence-corrected chi connectivity index (χ2v) is 13.0. The van der Waals surface area contributed by atoms with E-state index in [1.165, 1.54) is 0 Å². The molecule has 1 atom stereocenters. The van der Waals surface area contributed by atoms with E-state index in [1.807, 2.05) is 61.7 Å². The Kier molecular flexibility index (Phi) is 9.71. The van der Waals surface area contributed by atoms with Crippen LogP contribution in [0.4, 0.5) is 23.0 Å². The minimum atomic E-state index is -0.123. The van der Waals surface area contributed by atoms with E-state index in [4.69, 9.17) is 5.73 Å². The van der Waals surface area contributed by atoms with E-state index in [2.05, 4.69) is 92.7 Å². The van der Waals surface area contributed by atoms with Crippen molar-refractivity contribution in [3.05, 3.63) is 157 Å². The van der Waals surface area contributed by atoms with Gasteiger partial charge in [0.25, 0.3) is 0 Å². The zero-order valence-electron chi connectivity index (χ0n) is 28.6. The molecule has 0 bridgehead atoms. The molecular formula is C40H42N10. The van der Waals surface area contributed by atoms with Crippen LogP contribution in [0.1, 0.15) is 36.6 Å². The summed E-state index contributed by atoms with van der Waals surface area (Å²) in [6.07, 6.45) is 12.1. The van der Waals surface area contributed by atoms with Crippen LogP contribution in [0.25, 0.3) is 17.0 Å². The maximum Gasteiger partial charge on any atom is 0.227 e. The van der Waals surface area contributed by atoms with Crippen molar-refractivity contribution in [1.29, 1.82) is 0 Å². The van der Waals surface area contributed by atoms with Gasteiger partial charge in [0.05, 0.1) is 17.9 Å². The van der Waals surface area contributed by atoms with Crippen molar-refractivity contribution in [3.8, 4) is 11.3 Å². The molecule has 252 valence electrons. The molecule has 10 heteroatoms. The monoisotopic (exact) mass is 662 g/mol. The van der Waals surface area contributed by atoms with Gasteiger partial charge in [-0.2, -0.15) is 0 Å². The normalized spacial score (nSPS) is 15.6. The Labute approximate surface area is 293 Å². The number of rotatable bonds is 13. The molecule has 5 N–H and O–H groups in total. The van der Waals surface area contributed by atoms with E-state index >= 15 is 0 Å². The van der Waals surface area contributed by atoms with Crippen LogP contribution in [0.3, 0.4) is 0 Å². The largest absolute Gasteiger partial charge is 0.401 e. The lowest BCUT2D eigenvalue weighted by molar-refractivity contribution is 0.373. The van der Waals surface area contributed by atoms with E-state index in [9.17, 15) is 0 Å². The fourth-order valence-corrected chi connectivity index (χ4v) is 6.02. The molecule has 0 saturated heterocycles. The maximum atomic E-state index is 5.75. The Hall–Kier alpha value is -6.29. The van der Waals surface area contributed by atoms with Gasteiger partial charge < -0.3 is 21.7 Å². The lowest BCUT2D eigenvalue weighted by Gasteiger charge is -2.33. The highest BCUT2D eigenvalue weighted by molar-refractivity contribution is 5.78. The Morgan fingerprint density at radius 1 is 0.980 bits per heavy atom. The first-order chi connectivity index (χ1) is 24.0. The van der Waals surface area contributed by atoms with E-state index in [0.717, 1.165) is 86.9 Å². The molecule has 0 amide bonds. The predicted molar refractivity (Wildman–Crippen MR) is 203 cm³/mol. The lowest BCUT2D eigenvalue weighted by atomic mass is 9.73. The third-order valence-electron chi connectivity index (χ3n) is 8.62. The lowest BCUT2D eigenvalue weighted by Crippen LogP contribution is -2.23. The number of hydrogen-bond acceptors (Lipinski definition) is 9. The van der Waals surface area contributed by atoms with Gasteiger partial charge in [-0.05, 0) is 96.0 Å². The third-order valence-corrected chi connectivity index (χ3v) is 8.62. The Morgan fingerprint density at radius 2 is 1.80 bits per heavy atom. The fraction of sp³-hybridized carbons (Fsp3) is 0.175. The highest BCUT2D eigenvalue weighted by Gasteiger charge is 2.30. The Balaban J connectivity index is 1.09. The van der Waals surface area contributed by atoms with Crippen molar-refractivity contribution in [2.24, 2.45) is 11.1 Å². The number of nitrogens with two attached hydrogens (primary N) is 1. The number of aromatic nitrogens is 6. The number of aryl methyl sites for hydroxylation is 1. The van der Waals surface area contributed by atoms with E-state index in [-0.39, 0.29) is 5.41 Å². The highest BCUT2D eigenvalue weighted by Crippen LogP contribution is 2.41. The van der Waals surface area contributed by atoms with Gasteiger partial charge in [-0.1, -0.05) is 56.7 Å². The summed E-state index contributed by atoms with van der Waals surface area (Å²) in [4.78, 5) is 13.3. The molecule has 0 unspecified atom stereocenters. The molecule has 50 heavy (non-hydrogen) atoms. The first-order valence-corrected chi connectivity index (χ1v) is 16.4.